The van der Waals surface area contributed by atoms with E-state index in [0.717, 1.165) is 12.0 Å². The number of alkyl halides is 3. The summed E-state index contributed by atoms with van der Waals surface area (Å²) in [5, 5.41) is 9.40. The molecule has 254 valence electrons. The van der Waals surface area contributed by atoms with E-state index < -0.39 is 18.3 Å². The number of rotatable bonds is 11. The monoisotopic (exact) mass is 710 g/mol. The topological polar surface area (TPSA) is 110 Å². The highest BCUT2D eigenvalue weighted by Crippen LogP contribution is 2.42. The van der Waals surface area contributed by atoms with E-state index in [2.05, 4.69) is 20.9 Å². The third kappa shape index (κ3) is 7.73. The van der Waals surface area contributed by atoms with Crippen molar-refractivity contribution in [3.8, 4) is 39.4 Å². The number of amides is 1. The van der Waals surface area contributed by atoms with Crippen molar-refractivity contribution in [1.82, 2.24) is 30.3 Å². The van der Waals surface area contributed by atoms with Gasteiger partial charge < -0.3 is 20.7 Å². The molecular weight excluding hydrogens is 680 g/mol. The minimum absolute atomic E-state index is 0.0730. The summed E-state index contributed by atoms with van der Waals surface area (Å²) in [5.74, 6) is 0.527. The summed E-state index contributed by atoms with van der Waals surface area (Å²) in [6.07, 6.45) is -0.238. The number of fused-ring (bicyclic) bond motifs is 1. The van der Waals surface area contributed by atoms with E-state index in [1.54, 1.807) is 19.2 Å². The molecule has 1 fully saturated rings. The average molecular weight is 712 g/mol. The van der Waals surface area contributed by atoms with E-state index in [1.807, 2.05) is 48.5 Å². The van der Waals surface area contributed by atoms with Crippen LogP contribution in [0.1, 0.15) is 24.0 Å². The molecule has 6 rings (SSSR count). The molecule has 4 heterocycles. The number of hydrogen-bond acceptors (Lipinski definition) is 7. The number of nitrogens with zero attached hydrogens (tertiary/aromatic N) is 3. The molecule has 0 bridgehead atoms. The number of aromatic nitrogens is 3. The Bertz CT molecular complexity index is 2090. The minimum Gasteiger partial charge on any atom is -0.481 e. The van der Waals surface area contributed by atoms with Gasteiger partial charge in [-0.2, -0.15) is 13.2 Å². The smallest absolute Gasteiger partial charge is 0.401 e. The molecule has 3 aromatic heterocycles. The zero-order valence-electron chi connectivity index (χ0n) is 26.2. The summed E-state index contributed by atoms with van der Waals surface area (Å²) in [7, 11) is 1.56. The number of methoxy groups -OCH3 is 1. The summed E-state index contributed by atoms with van der Waals surface area (Å²) < 4.78 is 44.5. The summed E-state index contributed by atoms with van der Waals surface area (Å²) in [6, 6.07) is 18.4. The number of carbonyl (C=O) groups is 1. The maximum Gasteiger partial charge on any atom is 0.401 e. The number of hydrogen-bond donors (Lipinski definition) is 3. The molecule has 3 N–H and O–H groups in total. The standard InChI is InChI=1S/C35H31Cl2F3N6O3/c1-49-33-21(15-41-18-23-9-11-30(47)44-23)8-10-28(45-33)27-7-3-6-26(32(27)37)25-5-2-4-24(31(25)36)20-12-13-46-29(14-20)43-17-22(34(46)48)16-42-19-35(38,39)40/h2-8,10,12-14,17,23,41-42H,9,11,15-16,18-19H2,1H3,(H,44,47)/t23-/m0/s1. The lowest BCUT2D eigenvalue weighted by atomic mass is 9.97. The van der Waals surface area contributed by atoms with Gasteiger partial charge in [-0.3, -0.25) is 14.0 Å². The summed E-state index contributed by atoms with van der Waals surface area (Å²) in [5.41, 5.74) is 4.82. The van der Waals surface area contributed by atoms with Crippen molar-refractivity contribution >= 4 is 34.8 Å². The van der Waals surface area contributed by atoms with Gasteiger partial charge in [0.15, 0.2) is 0 Å². The van der Waals surface area contributed by atoms with E-state index >= 15 is 0 Å². The van der Waals surface area contributed by atoms with Gasteiger partial charge in [0.1, 0.15) is 5.65 Å². The molecule has 1 aliphatic rings. The lowest BCUT2D eigenvalue weighted by Crippen LogP contribution is -2.35. The molecule has 5 aromatic rings. The quantitative estimate of drug-likeness (QED) is 0.145. The maximum absolute atomic E-state index is 12.9. The fraction of sp³-hybridized carbons (Fsp3) is 0.257. The molecule has 0 saturated carbocycles. The van der Waals surface area contributed by atoms with Crippen molar-refractivity contribution in [2.45, 2.75) is 38.1 Å². The number of carbonyl (C=O) groups excluding carboxylic acids is 1. The van der Waals surface area contributed by atoms with Gasteiger partial charge in [0.05, 0.1) is 29.4 Å². The molecule has 9 nitrogen and oxygen atoms in total. The second kappa shape index (κ2) is 14.6. The van der Waals surface area contributed by atoms with Crippen molar-refractivity contribution < 1.29 is 22.7 Å². The highest BCUT2D eigenvalue weighted by molar-refractivity contribution is 6.39. The van der Waals surface area contributed by atoms with Gasteiger partial charge in [0.2, 0.25) is 11.8 Å². The molecule has 2 aromatic carbocycles. The van der Waals surface area contributed by atoms with Crippen LogP contribution in [0.15, 0.2) is 77.9 Å². The lowest BCUT2D eigenvalue weighted by molar-refractivity contribution is -0.125. The highest BCUT2D eigenvalue weighted by atomic mass is 35.5. The number of ether oxygens (including phenoxy) is 1. The molecule has 0 aliphatic carbocycles. The van der Waals surface area contributed by atoms with Crippen LogP contribution in [0, 0.1) is 0 Å². The number of halogens is 5. The van der Waals surface area contributed by atoms with Crippen LogP contribution in [0.5, 0.6) is 5.88 Å². The predicted molar refractivity (Wildman–Crippen MR) is 183 cm³/mol. The van der Waals surface area contributed by atoms with Crippen molar-refractivity contribution in [3.63, 3.8) is 0 Å². The zero-order valence-corrected chi connectivity index (χ0v) is 27.7. The Morgan fingerprint density at radius 3 is 2.33 bits per heavy atom. The van der Waals surface area contributed by atoms with Crippen LogP contribution < -0.4 is 26.2 Å². The van der Waals surface area contributed by atoms with Crippen LogP contribution in [-0.2, 0) is 17.9 Å². The number of pyridine rings is 2. The van der Waals surface area contributed by atoms with Gasteiger partial charge in [-0.15, -0.1) is 0 Å². The van der Waals surface area contributed by atoms with Crippen LogP contribution in [-0.4, -0.2) is 52.7 Å². The third-order valence-electron chi connectivity index (χ3n) is 8.22. The van der Waals surface area contributed by atoms with Crippen LogP contribution in [0.4, 0.5) is 13.2 Å². The normalized spacial score (nSPS) is 14.7. The van der Waals surface area contributed by atoms with E-state index in [9.17, 15) is 22.8 Å². The van der Waals surface area contributed by atoms with Crippen LogP contribution in [0.25, 0.3) is 39.2 Å². The molecule has 1 atom stereocenters. The van der Waals surface area contributed by atoms with Crippen LogP contribution in [0.3, 0.4) is 0 Å². The summed E-state index contributed by atoms with van der Waals surface area (Å²) in [4.78, 5) is 33.5. The molecule has 0 spiro atoms. The Hall–Kier alpha value is -4.49. The van der Waals surface area contributed by atoms with E-state index in [-0.39, 0.29) is 24.1 Å². The van der Waals surface area contributed by atoms with Crippen molar-refractivity contribution in [2.75, 3.05) is 20.2 Å². The molecule has 14 heteroatoms. The van der Waals surface area contributed by atoms with E-state index in [4.69, 9.17) is 32.9 Å². The van der Waals surface area contributed by atoms with Gasteiger partial charge in [-0.25, -0.2) is 9.97 Å². The minimum atomic E-state index is -4.39. The molecule has 1 amide bonds. The van der Waals surface area contributed by atoms with Crippen molar-refractivity contribution in [1.29, 1.82) is 0 Å². The first-order valence-corrected chi connectivity index (χ1v) is 16.2. The fourth-order valence-electron chi connectivity index (χ4n) is 5.78. The maximum atomic E-state index is 12.9. The first-order valence-electron chi connectivity index (χ1n) is 15.4. The molecule has 1 saturated heterocycles. The van der Waals surface area contributed by atoms with Crippen molar-refractivity contribution in [3.05, 3.63) is 105 Å². The lowest BCUT2D eigenvalue weighted by Gasteiger charge is -2.16. The average Bonchev–Trinajstić information content (AvgIpc) is 3.50. The SMILES string of the molecule is COc1nc(-c2cccc(-c3cccc(-c4ccn5c(=O)c(CNCC(F)(F)F)cnc5c4)c3Cl)c2Cl)ccc1CNC[C@@H]1CCC(=O)N1. The van der Waals surface area contributed by atoms with Gasteiger partial charge >= 0.3 is 6.18 Å². The predicted octanol–water partition coefficient (Wildman–Crippen LogP) is 6.43. The molecule has 49 heavy (non-hydrogen) atoms. The van der Waals surface area contributed by atoms with Gasteiger partial charge in [0, 0.05) is 77.9 Å². The van der Waals surface area contributed by atoms with E-state index in [1.165, 1.54) is 16.8 Å². The number of nitrogens with one attached hydrogen (secondary N) is 3. The molecule has 0 unspecified atom stereocenters. The van der Waals surface area contributed by atoms with E-state index in [0.29, 0.717) is 74.6 Å². The largest absolute Gasteiger partial charge is 0.481 e. The summed E-state index contributed by atoms with van der Waals surface area (Å²) in [6.45, 7) is -0.325. The Kier molecular flexibility index (Phi) is 10.2. The Balaban J connectivity index is 1.25. The summed E-state index contributed by atoms with van der Waals surface area (Å²) >= 11 is 14.0. The molecular formula is C35H31Cl2F3N6O3. The first-order chi connectivity index (χ1) is 23.5. The van der Waals surface area contributed by atoms with Gasteiger partial charge in [-0.1, -0.05) is 65.7 Å². The highest BCUT2D eigenvalue weighted by Gasteiger charge is 2.26. The van der Waals surface area contributed by atoms with Crippen molar-refractivity contribution in [2.24, 2.45) is 0 Å². The second-order valence-corrected chi connectivity index (χ2v) is 12.3. The molecule has 1 aliphatic heterocycles. The van der Waals surface area contributed by atoms with Crippen LogP contribution in [0.2, 0.25) is 10.0 Å². The van der Waals surface area contributed by atoms with Gasteiger partial charge in [0.25, 0.3) is 5.56 Å². The zero-order chi connectivity index (χ0) is 34.7. The Morgan fingerprint density at radius 1 is 0.939 bits per heavy atom. The molecule has 0 radical (unpaired) electrons. The fourth-order valence-corrected chi connectivity index (χ4v) is 6.45. The number of benzene rings is 2. The Labute approximate surface area is 289 Å². The van der Waals surface area contributed by atoms with Gasteiger partial charge in [-0.05, 0) is 30.2 Å². The van der Waals surface area contributed by atoms with Crippen LogP contribution >= 0.6 is 23.2 Å². The third-order valence-corrected chi connectivity index (χ3v) is 9.03. The Morgan fingerprint density at radius 2 is 1.63 bits per heavy atom. The second-order valence-electron chi connectivity index (χ2n) is 11.6. The first kappa shape index (κ1) is 34.4.